The summed E-state index contributed by atoms with van der Waals surface area (Å²) in [6.45, 7) is 8.87. The van der Waals surface area contributed by atoms with Crippen molar-refractivity contribution < 1.29 is 19.1 Å². The lowest BCUT2D eigenvalue weighted by molar-refractivity contribution is -0.163. The van der Waals surface area contributed by atoms with E-state index >= 15 is 0 Å². The highest BCUT2D eigenvalue weighted by Crippen LogP contribution is 2.26. The highest BCUT2D eigenvalue weighted by Gasteiger charge is 2.36. The van der Waals surface area contributed by atoms with Gasteiger partial charge < -0.3 is 14.4 Å². The van der Waals surface area contributed by atoms with Crippen molar-refractivity contribution in [1.82, 2.24) is 4.90 Å². The molecule has 1 saturated heterocycles. The molecule has 2 atom stereocenters. The van der Waals surface area contributed by atoms with E-state index in [0.717, 1.165) is 5.56 Å². The van der Waals surface area contributed by atoms with E-state index in [1.165, 1.54) is 0 Å². The molecule has 1 fully saturated rings. The van der Waals surface area contributed by atoms with Crippen molar-refractivity contribution in [2.45, 2.75) is 46.3 Å². The van der Waals surface area contributed by atoms with E-state index in [2.05, 4.69) is 0 Å². The van der Waals surface area contributed by atoms with Crippen molar-refractivity contribution in [3.8, 4) is 0 Å². The van der Waals surface area contributed by atoms with Crippen LogP contribution in [0.4, 0.5) is 4.79 Å². The van der Waals surface area contributed by atoms with E-state index in [1.807, 2.05) is 58.0 Å². The zero-order valence-electron chi connectivity index (χ0n) is 15.0. The molecule has 1 amide bonds. The predicted octanol–water partition coefficient (Wildman–Crippen LogP) is 3.62. The van der Waals surface area contributed by atoms with Gasteiger partial charge in [0.2, 0.25) is 0 Å². The van der Waals surface area contributed by atoms with Gasteiger partial charge in [0.25, 0.3) is 0 Å². The third-order valence-electron chi connectivity index (χ3n) is 4.08. The molecule has 5 heteroatoms. The molecule has 132 valence electrons. The number of amides is 1. The number of carbonyl (C=O) groups excluding carboxylic acids is 2. The van der Waals surface area contributed by atoms with Crippen LogP contribution < -0.4 is 0 Å². The van der Waals surface area contributed by atoms with E-state index in [-0.39, 0.29) is 30.5 Å². The first kappa shape index (κ1) is 18.3. The van der Waals surface area contributed by atoms with Crippen LogP contribution in [0.2, 0.25) is 0 Å². The molecule has 0 spiro atoms. The Morgan fingerprint density at radius 3 is 2.46 bits per heavy atom. The van der Waals surface area contributed by atoms with E-state index in [1.54, 1.807) is 4.90 Å². The van der Waals surface area contributed by atoms with Gasteiger partial charge in [0.1, 0.15) is 12.2 Å². The average molecular weight is 333 g/mol. The molecule has 1 aliphatic heterocycles. The third kappa shape index (κ3) is 5.25. The fraction of sp³-hybridized carbons (Fsp3) is 0.579. The van der Waals surface area contributed by atoms with Gasteiger partial charge >= 0.3 is 12.1 Å². The second kappa shape index (κ2) is 7.69. The Balaban J connectivity index is 1.83. The summed E-state index contributed by atoms with van der Waals surface area (Å²) in [4.78, 5) is 26.1. The van der Waals surface area contributed by atoms with Gasteiger partial charge in [-0.3, -0.25) is 4.79 Å². The Bertz CT molecular complexity index is 564. The van der Waals surface area contributed by atoms with E-state index in [4.69, 9.17) is 9.47 Å². The molecule has 0 saturated carbocycles. The van der Waals surface area contributed by atoms with Gasteiger partial charge in [-0.1, -0.05) is 37.3 Å². The van der Waals surface area contributed by atoms with E-state index in [0.29, 0.717) is 19.5 Å². The molecule has 1 aromatic carbocycles. The van der Waals surface area contributed by atoms with Crippen molar-refractivity contribution in [2.24, 2.45) is 11.8 Å². The van der Waals surface area contributed by atoms with Gasteiger partial charge in [-0.25, -0.2) is 4.79 Å². The molecular weight excluding hydrogens is 306 g/mol. The molecule has 0 radical (unpaired) electrons. The lowest BCUT2D eigenvalue weighted by atomic mass is 9.87. The molecule has 0 bridgehead atoms. The lowest BCUT2D eigenvalue weighted by Crippen LogP contribution is -2.46. The molecule has 1 aliphatic rings. The van der Waals surface area contributed by atoms with Crippen LogP contribution in [0, 0.1) is 11.8 Å². The first-order chi connectivity index (χ1) is 11.3. The molecule has 1 aromatic rings. The largest absolute Gasteiger partial charge is 0.460 e. The van der Waals surface area contributed by atoms with Crippen LogP contribution in [0.3, 0.4) is 0 Å². The smallest absolute Gasteiger partial charge is 0.410 e. The fourth-order valence-electron chi connectivity index (χ4n) is 2.85. The molecule has 5 nitrogen and oxygen atoms in total. The summed E-state index contributed by atoms with van der Waals surface area (Å²) in [6.07, 6.45) is 0.282. The van der Waals surface area contributed by atoms with Gasteiger partial charge in [0.05, 0.1) is 5.92 Å². The number of benzene rings is 1. The minimum Gasteiger partial charge on any atom is -0.460 e. The summed E-state index contributed by atoms with van der Waals surface area (Å²) in [5.74, 6) is -0.285. The first-order valence-electron chi connectivity index (χ1n) is 8.45. The highest BCUT2D eigenvalue weighted by molar-refractivity contribution is 5.74. The van der Waals surface area contributed by atoms with Gasteiger partial charge in [-0.15, -0.1) is 0 Å². The predicted molar refractivity (Wildman–Crippen MR) is 91.3 cm³/mol. The van der Waals surface area contributed by atoms with Crippen LogP contribution in [-0.4, -0.2) is 35.7 Å². The standard InChI is InChI=1S/C19H27NO4/c1-14-12-20(11-10-16(14)17(21)24-19(2,3)4)18(22)23-13-15-8-6-5-7-9-15/h5-9,14,16H,10-13H2,1-4H3/t14-,16+/m0/s1. The summed E-state index contributed by atoms with van der Waals surface area (Å²) in [5.41, 5.74) is 0.477. The third-order valence-corrected chi connectivity index (χ3v) is 4.08. The normalized spacial score (nSPS) is 21.2. The van der Waals surface area contributed by atoms with Crippen molar-refractivity contribution in [3.63, 3.8) is 0 Å². The number of ether oxygens (including phenoxy) is 2. The monoisotopic (exact) mass is 333 g/mol. The lowest BCUT2D eigenvalue weighted by Gasteiger charge is -2.36. The summed E-state index contributed by atoms with van der Waals surface area (Å²) in [5, 5.41) is 0. The average Bonchev–Trinajstić information content (AvgIpc) is 2.51. The van der Waals surface area contributed by atoms with Gasteiger partial charge in [-0.05, 0) is 38.7 Å². The Morgan fingerprint density at radius 2 is 1.88 bits per heavy atom. The second-order valence-electron chi connectivity index (χ2n) is 7.39. The number of esters is 1. The SMILES string of the molecule is C[C@H]1CN(C(=O)OCc2ccccc2)CC[C@H]1C(=O)OC(C)(C)C. The van der Waals surface area contributed by atoms with Crippen LogP contribution in [0.5, 0.6) is 0 Å². The Labute approximate surface area is 143 Å². The summed E-state index contributed by atoms with van der Waals surface area (Å²) >= 11 is 0. The molecule has 1 heterocycles. The maximum Gasteiger partial charge on any atom is 0.410 e. The number of nitrogens with zero attached hydrogens (tertiary/aromatic N) is 1. The molecule has 0 aliphatic carbocycles. The molecule has 0 N–H and O–H groups in total. The van der Waals surface area contributed by atoms with Crippen LogP contribution >= 0.6 is 0 Å². The number of carbonyl (C=O) groups is 2. The zero-order valence-corrected chi connectivity index (χ0v) is 15.0. The number of likely N-dealkylation sites (tertiary alicyclic amines) is 1. The minimum absolute atomic E-state index is 0.0536. The molecule has 2 rings (SSSR count). The second-order valence-corrected chi connectivity index (χ2v) is 7.39. The van der Waals surface area contributed by atoms with Crippen molar-refractivity contribution in [3.05, 3.63) is 35.9 Å². The van der Waals surface area contributed by atoms with Gasteiger partial charge in [0.15, 0.2) is 0 Å². The number of hydrogen-bond donors (Lipinski definition) is 0. The van der Waals surface area contributed by atoms with Crippen LogP contribution in [0.15, 0.2) is 30.3 Å². The molecule has 24 heavy (non-hydrogen) atoms. The minimum atomic E-state index is -0.484. The Hall–Kier alpha value is -2.04. The summed E-state index contributed by atoms with van der Waals surface area (Å²) in [7, 11) is 0. The molecule has 0 aromatic heterocycles. The van der Waals surface area contributed by atoms with Crippen LogP contribution in [-0.2, 0) is 20.9 Å². The van der Waals surface area contributed by atoms with Crippen LogP contribution in [0.25, 0.3) is 0 Å². The van der Waals surface area contributed by atoms with Crippen molar-refractivity contribution >= 4 is 12.1 Å². The Morgan fingerprint density at radius 1 is 1.21 bits per heavy atom. The zero-order chi connectivity index (χ0) is 17.7. The quantitative estimate of drug-likeness (QED) is 0.793. The van der Waals surface area contributed by atoms with Crippen LogP contribution in [0.1, 0.15) is 39.7 Å². The number of hydrogen-bond acceptors (Lipinski definition) is 4. The van der Waals surface area contributed by atoms with Gasteiger partial charge in [-0.2, -0.15) is 0 Å². The van der Waals surface area contributed by atoms with Gasteiger partial charge in [0, 0.05) is 13.1 Å². The maximum absolute atomic E-state index is 12.3. The topological polar surface area (TPSA) is 55.8 Å². The van der Waals surface area contributed by atoms with Crippen molar-refractivity contribution in [2.75, 3.05) is 13.1 Å². The van der Waals surface area contributed by atoms with E-state index < -0.39 is 5.60 Å². The van der Waals surface area contributed by atoms with E-state index in [9.17, 15) is 9.59 Å². The fourth-order valence-corrected chi connectivity index (χ4v) is 2.85. The Kier molecular flexibility index (Phi) is 5.86. The van der Waals surface area contributed by atoms with Crippen molar-refractivity contribution in [1.29, 1.82) is 0 Å². The highest BCUT2D eigenvalue weighted by atomic mass is 16.6. The maximum atomic E-state index is 12.3. The first-order valence-corrected chi connectivity index (χ1v) is 8.45. The molecule has 0 unspecified atom stereocenters. The summed E-state index contributed by atoms with van der Waals surface area (Å²) in [6, 6.07) is 9.60. The molecular formula is C19H27NO4. The number of piperidine rings is 1. The number of rotatable bonds is 3. The summed E-state index contributed by atoms with van der Waals surface area (Å²) < 4.78 is 10.8.